The maximum atomic E-state index is 8.82. The van der Waals surface area contributed by atoms with E-state index in [4.69, 9.17) is 5.26 Å². The van der Waals surface area contributed by atoms with Crippen molar-refractivity contribution in [3.05, 3.63) is 18.2 Å². The second kappa shape index (κ2) is 9.70. The highest BCUT2D eigenvalue weighted by Crippen LogP contribution is 2.11. The Labute approximate surface area is 111 Å². The molecular formula is C15H25N3. The van der Waals surface area contributed by atoms with Crippen LogP contribution < -0.4 is 0 Å². The van der Waals surface area contributed by atoms with Crippen molar-refractivity contribution in [3.63, 3.8) is 0 Å². The lowest BCUT2D eigenvalue weighted by molar-refractivity contribution is 0.561. The van der Waals surface area contributed by atoms with Crippen LogP contribution in [0.15, 0.2) is 12.4 Å². The molecule has 0 unspecified atom stereocenters. The number of hydrogen-bond acceptors (Lipinski definition) is 2. The molecule has 1 heterocycles. The summed E-state index contributed by atoms with van der Waals surface area (Å²) in [7, 11) is 0. The number of nitrogens with zero attached hydrogens (tertiary/aromatic N) is 3. The van der Waals surface area contributed by atoms with Gasteiger partial charge < -0.3 is 0 Å². The largest absolute Gasteiger partial charge is 0.241 e. The molecule has 0 saturated carbocycles. The van der Waals surface area contributed by atoms with Crippen molar-refractivity contribution in [2.75, 3.05) is 0 Å². The van der Waals surface area contributed by atoms with Gasteiger partial charge in [-0.3, -0.25) is 0 Å². The van der Waals surface area contributed by atoms with Crippen molar-refractivity contribution in [2.24, 2.45) is 0 Å². The fourth-order valence-electron chi connectivity index (χ4n) is 2.20. The molecule has 0 atom stereocenters. The molecule has 0 saturated heterocycles. The first-order valence-corrected chi connectivity index (χ1v) is 7.30. The molecule has 0 aliphatic carbocycles. The van der Waals surface area contributed by atoms with Gasteiger partial charge in [0.05, 0.1) is 0 Å². The molecule has 0 bridgehead atoms. The lowest BCUT2D eigenvalue weighted by Gasteiger charge is -2.02. The summed E-state index contributed by atoms with van der Waals surface area (Å²) in [6.07, 6.45) is 18.4. The fourth-order valence-corrected chi connectivity index (χ4v) is 2.20. The lowest BCUT2D eigenvalue weighted by atomic mass is 10.1. The average Bonchev–Trinajstić information content (AvgIpc) is 2.84. The standard InChI is InChI=1S/C15H25N3/c1-2-3-4-5-6-7-8-9-10-11-15-17-12-13-18(15)14-16/h12-13H,2-11H2,1H3. The van der Waals surface area contributed by atoms with Crippen LogP contribution in [0, 0.1) is 11.5 Å². The number of aromatic nitrogens is 2. The molecule has 1 aromatic heterocycles. The van der Waals surface area contributed by atoms with Crippen LogP contribution in [-0.4, -0.2) is 9.55 Å². The summed E-state index contributed by atoms with van der Waals surface area (Å²) in [6.45, 7) is 2.26. The van der Waals surface area contributed by atoms with Crippen molar-refractivity contribution < 1.29 is 0 Å². The maximum absolute atomic E-state index is 8.82. The van der Waals surface area contributed by atoms with E-state index in [1.54, 1.807) is 17.0 Å². The van der Waals surface area contributed by atoms with Crippen LogP contribution in [0.1, 0.15) is 70.5 Å². The maximum Gasteiger partial charge on any atom is 0.189 e. The Morgan fingerprint density at radius 2 is 1.67 bits per heavy atom. The summed E-state index contributed by atoms with van der Waals surface area (Å²) in [6, 6.07) is 0. The summed E-state index contributed by atoms with van der Waals surface area (Å²) in [5.74, 6) is 0.903. The zero-order valence-corrected chi connectivity index (χ0v) is 11.6. The third-order valence-corrected chi connectivity index (χ3v) is 3.33. The third kappa shape index (κ3) is 5.86. The van der Waals surface area contributed by atoms with E-state index in [9.17, 15) is 0 Å². The molecule has 0 aliphatic rings. The first-order chi connectivity index (χ1) is 8.88. The second-order valence-electron chi connectivity index (χ2n) is 4.89. The number of nitriles is 1. The van der Waals surface area contributed by atoms with Gasteiger partial charge >= 0.3 is 0 Å². The van der Waals surface area contributed by atoms with E-state index in [-0.39, 0.29) is 0 Å². The van der Waals surface area contributed by atoms with Crippen molar-refractivity contribution >= 4 is 0 Å². The minimum Gasteiger partial charge on any atom is -0.241 e. The molecule has 0 radical (unpaired) electrons. The number of aryl methyl sites for hydroxylation is 1. The van der Waals surface area contributed by atoms with Crippen molar-refractivity contribution in [1.29, 1.82) is 5.26 Å². The molecule has 1 rings (SSSR count). The van der Waals surface area contributed by atoms with Crippen LogP contribution in [0.3, 0.4) is 0 Å². The van der Waals surface area contributed by atoms with Crippen LogP contribution in [0.2, 0.25) is 0 Å². The third-order valence-electron chi connectivity index (χ3n) is 3.33. The Bertz CT molecular complexity index is 349. The highest BCUT2D eigenvalue weighted by molar-refractivity contribution is 5.00. The van der Waals surface area contributed by atoms with Gasteiger partial charge in [0.1, 0.15) is 5.82 Å². The van der Waals surface area contributed by atoms with Crippen LogP contribution in [0.25, 0.3) is 0 Å². The van der Waals surface area contributed by atoms with Crippen molar-refractivity contribution in [2.45, 2.75) is 71.1 Å². The van der Waals surface area contributed by atoms with Gasteiger partial charge in [-0.15, -0.1) is 0 Å². The molecular weight excluding hydrogens is 222 g/mol. The van der Waals surface area contributed by atoms with E-state index >= 15 is 0 Å². The van der Waals surface area contributed by atoms with E-state index < -0.39 is 0 Å². The zero-order chi connectivity index (χ0) is 13.1. The van der Waals surface area contributed by atoms with Crippen LogP contribution >= 0.6 is 0 Å². The average molecular weight is 247 g/mol. The van der Waals surface area contributed by atoms with E-state index in [0.29, 0.717) is 0 Å². The van der Waals surface area contributed by atoms with E-state index in [1.807, 2.05) is 0 Å². The molecule has 3 heteroatoms. The predicted molar refractivity (Wildman–Crippen MR) is 74.2 cm³/mol. The number of imidazole rings is 1. The summed E-state index contributed by atoms with van der Waals surface area (Å²) < 4.78 is 1.56. The predicted octanol–water partition coefficient (Wildman–Crippen LogP) is 4.29. The van der Waals surface area contributed by atoms with Gasteiger partial charge in [-0.05, 0) is 6.42 Å². The van der Waals surface area contributed by atoms with E-state index in [1.165, 1.54) is 51.4 Å². The zero-order valence-electron chi connectivity index (χ0n) is 11.6. The van der Waals surface area contributed by atoms with Gasteiger partial charge in [-0.25, -0.2) is 9.55 Å². The molecule has 0 N–H and O–H groups in total. The first-order valence-electron chi connectivity index (χ1n) is 7.30. The summed E-state index contributed by atoms with van der Waals surface area (Å²) in [5, 5.41) is 8.82. The van der Waals surface area contributed by atoms with Crippen molar-refractivity contribution in [1.82, 2.24) is 9.55 Å². The Balaban J connectivity index is 1.95. The highest BCUT2D eigenvalue weighted by Gasteiger charge is 2.01. The van der Waals surface area contributed by atoms with Crippen molar-refractivity contribution in [3.8, 4) is 6.19 Å². The van der Waals surface area contributed by atoms with Gasteiger partial charge in [0.15, 0.2) is 6.19 Å². The number of rotatable bonds is 10. The minimum absolute atomic E-state index is 0.903. The summed E-state index contributed by atoms with van der Waals surface area (Å²) in [4.78, 5) is 4.20. The number of unbranched alkanes of at least 4 members (excludes halogenated alkanes) is 8. The second-order valence-corrected chi connectivity index (χ2v) is 4.89. The Kier molecular flexibility index (Phi) is 7.96. The number of hydrogen-bond donors (Lipinski definition) is 0. The van der Waals surface area contributed by atoms with Gasteiger partial charge in [0.25, 0.3) is 0 Å². The molecule has 0 fully saturated rings. The first kappa shape index (κ1) is 14.8. The van der Waals surface area contributed by atoms with Gasteiger partial charge in [0, 0.05) is 18.8 Å². The Morgan fingerprint density at radius 3 is 2.28 bits per heavy atom. The van der Waals surface area contributed by atoms with Gasteiger partial charge in [0.2, 0.25) is 0 Å². The minimum atomic E-state index is 0.903. The monoisotopic (exact) mass is 247 g/mol. The van der Waals surface area contributed by atoms with E-state index in [0.717, 1.165) is 18.7 Å². The van der Waals surface area contributed by atoms with Gasteiger partial charge in [-0.1, -0.05) is 58.3 Å². The lowest BCUT2D eigenvalue weighted by Crippen LogP contribution is -1.97. The SMILES string of the molecule is CCCCCCCCCCCc1nccn1C#N. The summed E-state index contributed by atoms with van der Waals surface area (Å²) in [5.41, 5.74) is 0. The molecule has 3 nitrogen and oxygen atoms in total. The molecule has 0 spiro atoms. The quantitative estimate of drug-likeness (QED) is 0.579. The van der Waals surface area contributed by atoms with Crippen LogP contribution in [-0.2, 0) is 6.42 Å². The van der Waals surface area contributed by atoms with Gasteiger partial charge in [-0.2, -0.15) is 5.26 Å². The van der Waals surface area contributed by atoms with Crippen LogP contribution in [0.5, 0.6) is 0 Å². The molecule has 18 heavy (non-hydrogen) atoms. The fraction of sp³-hybridized carbons (Fsp3) is 0.733. The summed E-state index contributed by atoms with van der Waals surface area (Å²) >= 11 is 0. The molecule has 0 amide bonds. The Morgan fingerprint density at radius 1 is 1.06 bits per heavy atom. The normalized spacial score (nSPS) is 10.4. The van der Waals surface area contributed by atoms with E-state index in [2.05, 4.69) is 18.1 Å². The molecule has 0 aliphatic heterocycles. The molecule has 100 valence electrons. The van der Waals surface area contributed by atoms with Crippen LogP contribution in [0.4, 0.5) is 0 Å². The molecule has 1 aromatic rings. The highest BCUT2D eigenvalue weighted by atomic mass is 15.0. The molecule has 0 aromatic carbocycles. The topological polar surface area (TPSA) is 41.6 Å². The smallest absolute Gasteiger partial charge is 0.189 e. The Hall–Kier alpha value is -1.30.